The molecule has 0 aliphatic carbocycles. The highest BCUT2D eigenvalue weighted by atomic mass is 15.2. The summed E-state index contributed by atoms with van der Waals surface area (Å²) in [6, 6.07) is 0.495. The van der Waals surface area contributed by atoms with Gasteiger partial charge in [0.05, 0.1) is 0 Å². The molecule has 2 aliphatic heterocycles. The van der Waals surface area contributed by atoms with Crippen molar-refractivity contribution in [1.82, 2.24) is 19.8 Å². The summed E-state index contributed by atoms with van der Waals surface area (Å²) in [6.45, 7) is 6.60. The maximum Gasteiger partial charge on any atom is 0.157 e. The molecule has 2 aliphatic rings. The number of aromatic nitrogens is 2. The van der Waals surface area contributed by atoms with Crippen LogP contribution in [0.1, 0.15) is 32.1 Å². The van der Waals surface area contributed by atoms with Crippen LogP contribution >= 0.6 is 0 Å². The zero-order valence-corrected chi connectivity index (χ0v) is 15.7. The van der Waals surface area contributed by atoms with Crippen molar-refractivity contribution in [3.8, 4) is 0 Å². The Morgan fingerprint density at radius 3 is 2.60 bits per heavy atom. The van der Waals surface area contributed by atoms with Gasteiger partial charge in [-0.1, -0.05) is 6.42 Å². The standard InChI is InChI=1S/C18H33N7/c1-23-11-6-15(7-12-23)24(2)18-16(19)17(21-14-22-18)20-8-13-25-9-4-3-5-10-25/h14-15H,3-13,19H2,1-2H3,(H,20,21,22). The van der Waals surface area contributed by atoms with Gasteiger partial charge in [-0.05, 0) is 58.9 Å². The summed E-state index contributed by atoms with van der Waals surface area (Å²) in [5, 5.41) is 3.41. The van der Waals surface area contributed by atoms with E-state index in [9.17, 15) is 0 Å². The first-order valence-corrected chi connectivity index (χ1v) is 9.63. The molecule has 3 rings (SSSR count). The Morgan fingerprint density at radius 1 is 1.16 bits per heavy atom. The predicted octanol–water partition coefficient (Wildman–Crippen LogP) is 1.49. The highest BCUT2D eigenvalue weighted by Gasteiger charge is 2.23. The molecule has 2 fully saturated rings. The maximum absolute atomic E-state index is 6.38. The van der Waals surface area contributed by atoms with E-state index in [1.807, 2.05) is 0 Å². The number of nitrogens with two attached hydrogens (primary N) is 1. The van der Waals surface area contributed by atoms with E-state index >= 15 is 0 Å². The molecule has 0 radical (unpaired) electrons. The van der Waals surface area contributed by atoms with Crippen LogP contribution in [0, 0.1) is 0 Å². The summed E-state index contributed by atoms with van der Waals surface area (Å²) in [7, 11) is 4.28. The molecular weight excluding hydrogens is 314 g/mol. The molecule has 25 heavy (non-hydrogen) atoms. The number of nitrogens with zero attached hydrogens (tertiary/aromatic N) is 5. The second kappa shape index (κ2) is 8.67. The molecule has 0 amide bonds. The van der Waals surface area contributed by atoms with E-state index in [1.54, 1.807) is 6.33 Å². The Hall–Kier alpha value is -1.60. The van der Waals surface area contributed by atoms with Crippen molar-refractivity contribution in [2.45, 2.75) is 38.1 Å². The van der Waals surface area contributed by atoms with Gasteiger partial charge in [-0.25, -0.2) is 9.97 Å². The fourth-order valence-electron chi connectivity index (χ4n) is 3.88. The number of likely N-dealkylation sites (tertiary alicyclic amines) is 2. The Kier molecular flexibility index (Phi) is 6.31. The molecule has 140 valence electrons. The summed E-state index contributed by atoms with van der Waals surface area (Å²) in [6.07, 6.45) is 7.93. The van der Waals surface area contributed by atoms with Gasteiger partial charge in [0.2, 0.25) is 0 Å². The van der Waals surface area contributed by atoms with E-state index in [0.29, 0.717) is 11.7 Å². The molecule has 0 bridgehead atoms. The lowest BCUT2D eigenvalue weighted by Gasteiger charge is -2.36. The average molecular weight is 348 g/mol. The third-order valence-corrected chi connectivity index (χ3v) is 5.60. The predicted molar refractivity (Wildman–Crippen MR) is 104 cm³/mol. The number of anilines is 3. The van der Waals surface area contributed by atoms with E-state index in [4.69, 9.17) is 5.73 Å². The van der Waals surface area contributed by atoms with Crippen molar-refractivity contribution >= 4 is 17.3 Å². The second-order valence-corrected chi connectivity index (χ2v) is 7.43. The Bertz CT molecular complexity index is 536. The van der Waals surface area contributed by atoms with Crippen LogP contribution in [0.2, 0.25) is 0 Å². The molecule has 7 heteroatoms. The van der Waals surface area contributed by atoms with Crippen LogP contribution in [0.15, 0.2) is 6.33 Å². The molecule has 0 atom stereocenters. The summed E-state index contributed by atoms with van der Waals surface area (Å²) in [4.78, 5) is 15.9. The Labute approximate surface area is 151 Å². The number of nitrogen functional groups attached to an aromatic ring is 1. The van der Waals surface area contributed by atoms with Crippen LogP contribution in [-0.2, 0) is 0 Å². The van der Waals surface area contributed by atoms with Crippen molar-refractivity contribution in [2.75, 3.05) is 69.3 Å². The van der Waals surface area contributed by atoms with E-state index < -0.39 is 0 Å². The number of nitrogens with one attached hydrogen (secondary N) is 1. The van der Waals surface area contributed by atoms with Crippen LogP contribution in [0.4, 0.5) is 17.3 Å². The first-order valence-electron chi connectivity index (χ1n) is 9.63. The zero-order chi connectivity index (χ0) is 17.6. The normalized spacial score (nSPS) is 20.6. The van der Waals surface area contributed by atoms with E-state index in [0.717, 1.165) is 50.7 Å². The molecule has 1 aromatic rings. The van der Waals surface area contributed by atoms with Gasteiger partial charge in [0.15, 0.2) is 11.6 Å². The highest BCUT2D eigenvalue weighted by Crippen LogP contribution is 2.28. The quantitative estimate of drug-likeness (QED) is 0.807. The number of hydrogen-bond acceptors (Lipinski definition) is 7. The number of hydrogen-bond donors (Lipinski definition) is 2. The summed E-state index contributed by atoms with van der Waals surface area (Å²) < 4.78 is 0. The largest absolute Gasteiger partial charge is 0.393 e. The maximum atomic E-state index is 6.38. The summed E-state index contributed by atoms with van der Waals surface area (Å²) in [5.74, 6) is 1.62. The van der Waals surface area contributed by atoms with E-state index in [2.05, 4.69) is 44.1 Å². The molecular formula is C18H33N7. The fraction of sp³-hybridized carbons (Fsp3) is 0.778. The average Bonchev–Trinajstić information content (AvgIpc) is 2.64. The minimum atomic E-state index is 0.495. The number of rotatable bonds is 6. The Morgan fingerprint density at radius 2 is 1.88 bits per heavy atom. The molecule has 7 nitrogen and oxygen atoms in total. The first kappa shape index (κ1) is 18.2. The molecule has 3 N–H and O–H groups in total. The van der Waals surface area contributed by atoms with Gasteiger partial charge in [0.1, 0.15) is 12.0 Å². The molecule has 0 spiro atoms. The van der Waals surface area contributed by atoms with Gasteiger partial charge in [-0.3, -0.25) is 0 Å². The van der Waals surface area contributed by atoms with Crippen molar-refractivity contribution < 1.29 is 0 Å². The van der Waals surface area contributed by atoms with Gasteiger partial charge in [0.25, 0.3) is 0 Å². The topological polar surface area (TPSA) is 73.6 Å². The molecule has 3 heterocycles. The van der Waals surface area contributed by atoms with Gasteiger partial charge in [-0.2, -0.15) is 0 Å². The molecule has 0 aromatic carbocycles. The highest BCUT2D eigenvalue weighted by molar-refractivity contribution is 5.74. The number of piperidine rings is 2. The summed E-state index contributed by atoms with van der Waals surface area (Å²) >= 11 is 0. The molecule has 1 aromatic heterocycles. The van der Waals surface area contributed by atoms with Crippen LogP contribution in [0.25, 0.3) is 0 Å². The smallest absolute Gasteiger partial charge is 0.157 e. The first-order chi connectivity index (χ1) is 12.1. The minimum absolute atomic E-state index is 0.495. The third kappa shape index (κ3) is 4.73. The summed E-state index contributed by atoms with van der Waals surface area (Å²) in [5.41, 5.74) is 7.05. The molecule has 0 unspecified atom stereocenters. The van der Waals surface area contributed by atoms with Crippen molar-refractivity contribution in [2.24, 2.45) is 0 Å². The lowest BCUT2D eigenvalue weighted by atomic mass is 10.0. The Balaban J connectivity index is 1.57. The molecule has 0 saturated carbocycles. The monoisotopic (exact) mass is 347 g/mol. The van der Waals surface area contributed by atoms with E-state index in [1.165, 1.54) is 32.4 Å². The lowest BCUT2D eigenvalue weighted by molar-refractivity contribution is 0.237. The van der Waals surface area contributed by atoms with Crippen molar-refractivity contribution in [1.29, 1.82) is 0 Å². The third-order valence-electron chi connectivity index (χ3n) is 5.60. The minimum Gasteiger partial charge on any atom is -0.393 e. The fourth-order valence-corrected chi connectivity index (χ4v) is 3.88. The lowest BCUT2D eigenvalue weighted by Crippen LogP contribution is -2.42. The van der Waals surface area contributed by atoms with Crippen LogP contribution in [0.3, 0.4) is 0 Å². The zero-order valence-electron chi connectivity index (χ0n) is 15.7. The van der Waals surface area contributed by atoms with Crippen LogP contribution in [-0.4, -0.2) is 79.2 Å². The van der Waals surface area contributed by atoms with Crippen molar-refractivity contribution in [3.05, 3.63) is 6.33 Å². The van der Waals surface area contributed by atoms with Crippen molar-refractivity contribution in [3.63, 3.8) is 0 Å². The van der Waals surface area contributed by atoms with Gasteiger partial charge < -0.3 is 25.8 Å². The van der Waals surface area contributed by atoms with E-state index in [-0.39, 0.29) is 0 Å². The SMILES string of the molecule is CN1CCC(N(C)c2ncnc(NCCN3CCCCC3)c2N)CC1. The van der Waals surface area contributed by atoms with Crippen LogP contribution < -0.4 is 16.0 Å². The van der Waals surface area contributed by atoms with Gasteiger partial charge in [-0.15, -0.1) is 0 Å². The second-order valence-electron chi connectivity index (χ2n) is 7.43. The van der Waals surface area contributed by atoms with Crippen LogP contribution in [0.5, 0.6) is 0 Å². The van der Waals surface area contributed by atoms with Gasteiger partial charge >= 0.3 is 0 Å². The molecule has 2 saturated heterocycles. The van der Waals surface area contributed by atoms with Gasteiger partial charge in [0, 0.05) is 26.2 Å².